The van der Waals surface area contributed by atoms with Gasteiger partial charge in [-0.1, -0.05) is 146 Å². The van der Waals surface area contributed by atoms with Crippen LogP contribution in [0.2, 0.25) is 0 Å². The van der Waals surface area contributed by atoms with E-state index in [1.54, 1.807) is 0 Å². The van der Waals surface area contributed by atoms with Gasteiger partial charge in [0.15, 0.2) is 0 Å². The van der Waals surface area contributed by atoms with Crippen molar-refractivity contribution >= 4 is 75.4 Å². The number of fused-ring (bicyclic) bond motifs is 1. The topological polar surface area (TPSA) is 0 Å². The largest absolute Gasteiger partial charge is 0.0622 e. The molecule has 0 heteroatoms. The van der Waals surface area contributed by atoms with Gasteiger partial charge in [0.1, 0.15) is 0 Å². The molecule has 0 saturated heterocycles. The number of hydrogen-bond acceptors (Lipinski definition) is 0. The van der Waals surface area contributed by atoms with Crippen LogP contribution >= 0.6 is 0 Å². The molecule has 12 rings (SSSR count). The average Bonchev–Trinajstić information content (AvgIpc) is 3.24. The summed E-state index contributed by atoms with van der Waals surface area (Å²) in [5, 5.41) is 18.2. The lowest BCUT2D eigenvalue weighted by Crippen LogP contribution is -1.90. The van der Waals surface area contributed by atoms with Gasteiger partial charge in [0.05, 0.1) is 0 Å². The molecule has 12 aromatic carbocycles. The molecular formula is C54H32. The average molecular weight is 681 g/mol. The van der Waals surface area contributed by atoms with Crippen LogP contribution in [0.3, 0.4) is 0 Å². The maximum Gasteiger partial charge on any atom is -0.00264 e. The first kappa shape index (κ1) is 29.5. The predicted molar refractivity (Wildman–Crippen MR) is 233 cm³/mol. The van der Waals surface area contributed by atoms with E-state index in [4.69, 9.17) is 0 Å². The van der Waals surface area contributed by atoms with E-state index in [9.17, 15) is 0 Å². The summed E-state index contributed by atoms with van der Waals surface area (Å²) in [5.41, 5.74) is 10.0. The summed E-state index contributed by atoms with van der Waals surface area (Å²) in [5.74, 6) is 0. The van der Waals surface area contributed by atoms with Gasteiger partial charge < -0.3 is 0 Å². The van der Waals surface area contributed by atoms with E-state index >= 15 is 0 Å². The Bertz CT molecular complexity index is 3040. The van der Waals surface area contributed by atoms with Crippen LogP contribution in [0.15, 0.2) is 194 Å². The standard InChI is InChI=1S/C54H32/c1-3-9-33(10-4-1)43-25-35-15-19-39-29-45(30-40-20-16-36(26-43)51(35)53(39)40)47-23-24-48(50-14-8-7-13-49(47)50)46-31-41-21-17-37-27-44(34-11-5-2-6-12-34)28-38-18-22-42(32-46)54(41)52(37)38/h1-32H. The van der Waals surface area contributed by atoms with Gasteiger partial charge in [-0.25, -0.2) is 0 Å². The Kier molecular flexibility index (Phi) is 6.15. The highest BCUT2D eigenvalue weighted by Gasteiger charge is 2.17. The molecule has 0 nitrogen and oxygen atoms in total. The van der Waals surface area contributed by atoms with Gasteiger partial charge in [0.2, 0.25) is 0 Å². The molecule has 0 spiro atoms. The zero-order valence-electron chi connectivity index (χ0n) is 29.5. The molecule has 0 bridgehead atoms. The minimum absolute atomic E-state index is 1.25. The van der Waals surface area contributed by atoms with Crippen molar-refractivity contribution in [3.8, 4) is 44.5 Å². The maximum absolute atomic E-state index is 2.39. The van der Waals surface area contributed by atoms with E-state index in [2.05, 4.69) is 194 Å². The first-order valence-corrected chi connectivity index (χ1v) is 18.8. The van der Waals surface area contributed by atoms with Gasteiger partial charge in [-0.3, -0.25) is 0 Å². The molecule has 0 aromatic heterocycles. The highest BCUT2D eigenvalue weighted by atomic mass is 14.2. The normalized spacial score (nSPS) is 12.1. The van der Waals surface area contributed by atoms with Crippen molar-refractivity contribution in [1.82, 2.24) is 0 Å². The Hall–Kier alpha value is -7.02. The second kappa shape index (κ2) is 11.2. The predicted octanol–water partition coefficient (Wildman–Crippen LogP) is 15.3. The zero-order chi connectivity index (χ0) is 35.3. The Morgan fingerprint density at radius 2 is 0.444 bits per heavy atom. The van der Waals surface area contributed by atoms with E-state index in [1.165, 1.54) is 120 Å². The third-order valence-corrected chi connectivity index (χ3v) is 11.8. The summed E-state index contributed by atoms with van der Waals surface area (Å²) in [7, 11) is 0. The number of rotatable bonds is 4. The molecular weight excluding hydrogens is 649 g/mol. The van der Waals surface area contributed by atoms with Crippen LogP contribution in [0.5, 0.6) is 0 Å². The van der Waals surface area contributed by atoms with E-state index in [-0.39, 0.29) is 0 Å². The first-order chi connectivity index (χ1) is 26.7. The smallest absolute Gasteiger partial charge is 0.00264 e. The van der Waals surface area contributed by atoms with E-state index in [1.807, 2.05) is 0 Å². The van der Waals surface area contributed by atoms with Crippen molar-refractivity contribution in [2.75, 3.05) is 0 Å². The van der Waals surface area contributed by atoms with Crippen molar-refractivity contribution in [2.45, 2.75) is 0 Å². The van der Waals surface area contributed by atoms with Crippen LogP contribution < -0.4 is 0 Å². The van der Waals surface area contributed by atoms with E-state index in [0.29, 0.717) is 0 Å². The van der Waals surface area contributed by atoms with Gasteiger partial charge in [0.25, 0.3) is 0 Å². The van der Waals surface area contributed by atoms with Crippen molar-refractivity contribution in [3.63, 3.8) is 0 Å². The van der Waals surface area contributed by atoms with Crippen LogP contribution in [-0.4, -0.2) is 0 Å². The summed E-state index contributed by atoms with van der Waals surface area (Å²) in [4.78, 5) is 0. The summed E-state index contributed by atoms with van der Waals surface area (Å²) < 4.78 is 0. The molecule has 54 heavy (non-hydrogen) atoms. The van der Waals surface area contributed by atoms with E-state index < -0.39 is 0 Å². The van der Waals surface area contributed by atoms with Crippen molar-refractivity contribution in [1.29, 1.82) is 0 Å². The molecule has 0 fully saturated rings. The molecule has 0 aliphatic carbocycles. The van der Waals surface area contributed by atoms with Crippen LogP contribution in [0, 0.1) is 0 Å². The minimum Gasteiger partial charge on any atom is -0.0622 e. The van der Waals surface area contributed by atoms with Gasteiger partial charge in [-0.05, 0) is 168 Å². The lowest BCUT2D eigenvalue weighted by atomic mass is 9.86. The molecule has 0 atom stereocenters. The summed E-state index contributed by atoms with van der Waals surface area (Å²) in [6, 6.07) is 72.4. The third kappa shape index (κ3) is 4.38. The van der Waals surface area contributed by atoms with E-state index in [0.717, 1.165) is 0 Å². The first-order valence-electron chi connectivity index (χ1n) is 18.8. The van der Waals surface area contributed by atoms with Gasteiger partial charge in [0, 0.05) is 0 Å². The molecule has 12 aromatic rings. The highest BCUT2D eigenvalue weighted by molar-refractivity contribution is 6.26. The Balaban J connectivity index is 0.992. The third-order valence-electron chi connectivity index (χ3n) is 11.8. The van der Waals surface area contributed by atoms with Crippen LogP contribution in [0.1, 0.15) is 0 Å². The number of hydrogen-bond donors (Lipinski definition) is 0. The Morgan fingerprint density at radius 3 is 0.741 bits per heavy atom. The summed E-state index contributed by atoms with van der Waals surface area (Å²) >= 11 is 0. The Labute approximate surface area is 312 Å². The quantitative estimate of drug-likeness (QED) is 0.162. The fraction of sp³-hybridized carbons (Fsp3) is 0. The van der Waals surface area contributed by atoms with Gasteiger partial charge >= 0.3 is 0 Å². The lowest BCUT2D eigenvalue weighted by molar-refractivity contribution is 1.65. The second-order valence-electron chi connectivity index (χ2n) is 14.9. The molecule has 0 aliphatic heterocycles. The molecule has 0 unspecified atom stereocenters. The van der Waals surface area contributed by atoms with Crippen LogP contribution in [-0.2, 0) is 0 Å². The Morgan fingerprint density at radius 1 is 0.185 bits per heavy atom. The molecule has 0 amide bonds. The van der Waals surface area contributed by atoms with Crippen molar-refractivity contribution in [2.24, 2.45) is 0 Å². The molecule has 248 valence electrons. The van der Waals surface area contributed by atoms with Crippen LogP contribution in [0.4, 0.5) is 0 Å². The minimum atomic E-state index is 1.25. The van der Waals surface area contributed by atoms with Gasteiger partial charge in [-0.15, -0.1) is 0 Å². The molecule has 0 aliphatic rings. The van der Waals surface area contributed by atoms with Crippen molar-refractivity contribution in [3.05, 3.63) is 194 Å². The van der Waals surface area contributed by atoms with Crippen LogP contribution in [0.25, 0.3) is 120 Å². The summed E-state index contributed by atoms with van der Waals surface area (Å²) in [6.07, 6.45) is 0. The SMILES string of the molecule is c1ccc(-c2cc3ccc4cc(-c5ccc(-c6cc7ccc8cc(-c9ccccc9)cc9ccc(c6)c7c89)c6ccccc56)cc5ccc(c2)c3c45)cc1. The van der Waals surface area contributed by atoms with Gasteiger partial charge in [-0.2, -0.15) is 0 Å². The lowest BCUT2D eigenvalue weighted by Gasteiger charge is -2.17. The fourth-order valence-corrected chi connectivity index (χ4v) is 9.38. The molecule has 0 N–H and O–H groups in total. The monoisotopic (exact) mass is 680 g/mol. The summed E-state index contributed by atoms with van der Waals surface area (Å²) in [6.45, 7) is 0. The molecule has 0 heterocycles. The maximum atomic E-state index is 2.39. The van der Waals surface area contributed by atoms with Crippen molar-refractivity contribution < 1.29 is 0 Å². The zero-order valence-corrected chi connectivity index (χ0v) is 29.5. The molecule has 0 saturated carbocycles. The number of benzene rings is 12. The second-order valence-corrected chi connectivity index (χ2v) is 14.9. The highest BCUT2D eigenvalue weighted by Crippen LogP contribution is 2.44. The fourth-order valence-electron chi connectivity index (χ4n) is 9.38. The molecule has 0 radical (unpaired) electrons.